The van der Waals surface area contributed by atoms with Crippen molar-refractivity contribution in [1.82, 2.24) is 0 Å². The van der Waals surface area contributed by atoms with E-state index in [1.54, 1.807) is 0 Å². The van der Waals surface area contributed by atoms with Gasteiger partial charge in [-0.1, -0.05) is 42.5 Å². The van der Waals surface area contributed by atoms with Gasteiger partial charge in [-0.25, -0.2) is 0 Å². The zero-order chi connectivity index (χ0) is 9.54. The maximum Gasteiger partial charge on any atom is 0.147 e. The normalized spacial score (nSPS) is 34.0. The predicted molar refractivity (Wildman–Crippen MR) is 54.9 cm³/mol. The molecule has 3 atom stereocenters. The van der Waals surface area contributed by atoms with Gasteiger partial charge in [-0.05, 0) is 17.9 Å². The molecule has 0 aromatic heterocycles. The van der Waals surface area contributed by atoms with Gasteiger partial charge in [-0.15, -0.1) is 0 Å². The first-order valence-electron chi connectivity index (χ1n) is 5.13. The summed E-state index contributed by atoms with van der Waals surface area (Å²) in [6.07, 6.45) is 5.19. The van der Waals surface area contributed by atoms with Gasteiger partial charge in [-0.3, -0.25) is 4.79 Å². The number of carbonyl (C=O) groups is 1. The molecule has 1 heteroatoms. The number of fused-ring (bicyclic) bond motifs is 2. The lowest BCUT2D eigenvalue weighted by Gasteiger charge is -2.16. The average Bonchev–Trinajstić information content (AvgIpc) is 2.76. The molecule has 0 heterocycles. The molecular formula is C13H12O. The van der Waals surface area contributed by atoms with Crippen LogP contribution in [0.5, 0.6) is 0 Å². The fourth-order valence-corrected chi connectivity index (χ4v) is 2.68. The maximum atomic E-state index is 11.7. The topological polar surface area (TPSA) is 17.1 Å². The minimum Gasteiger partial charge on any atom is -0.298 e. The summed E-state index contributed by atoms with van der Waals surface area (Å²) in [5, 5.41) is 0. The molecule has 2 bridgehead atoms. The fraction of sp³-hybridized carbons (Fsp3) is 0.308. The van der Waals surface area contributed by atoms with Crippen molar-refractivity contribution in [3.8, 4) is 0 Å². The highest BCUT2D eigenvalue weighted by molar-refractivity contribution is 5.92. The molecule has 0 N–H and O–H groups in total. The van der Waals surface area contributed by atoms with Gasteiger partial charge < -0.3 is 0 Å². The lowest BCUT2D eigenvalue weighted by Crippen LogP contribution is -2.08. The summed E-state index contributed by atoms with van der Waals surface area (Å²) in [5.74, 6) is 1.25. The van der Waals surface area contributed by atoms with E-state index in [1.807, 2.05) is 6.07 Å². The van der Waals surface area contributed by atoms with Gasteiger partial charge in [-0.2, -0.15) is 0 Å². The number of ketones is 1. The van der Waals surface area contributed by atoms with Crippen molar-refractivity contribution in [2.75, 3.05) is 0 Å². The zero-order valence-corrected chi connectivity index (χ0v) is 7.89. The Morgan fingerprint density at radius 1 is 1.07 bits per heavy atom. The minimum atomic E-state index is 0.169. The molecule has 3 unspecified atom stereocenters. The number of carbonyl (C=O) groups excluding carboxylic acids is 1. The Hall–Kier alpha value is -1.37. The van der Waals surface area contributed by atoms with Crippen molar-refractivity contribution in [3.63, 3.8) is 0 Å². The third-order valence-corrected chi connectivity index (χ3v) is 3.41. The quantitative estimate of drug-likeness (QED) is 0.613. The first kappa shape index (κ1) is 7.98. The van der Waals surface area contributed by atoms with E-state index in [4.69, 9.17) is 0 Å². The van der Waals surface area contributed by atoms with Gasteiger partial charge in [0.2, 0.25) is 0 Å². The smallest absolute Gasteiger partial charge is 0.147 e. The molecule has 0 amide bonds. The standard InChI is InChI=1S/C13H12O/c14-13-10-6-7-11(13)12(8-10)9-4-2-1-3-5-9/h1-7,10-12H,8H2. The Bertz CT molecular complexity index is 391. The second-order valence-corrected chi connectivity index (χ2v) is 4.17. The first-order valence-corrected chi connectivity index (χ1v) is 5.13. The summed E-state index contributed by atoms with van der Waals surface area (Å²) in [6.45, 7) is 0. The van der Waals surface area contributed by atoms with Crippen molar-refractivity contribution in [3.05, 3.63) is 48.0 Å². The van der Waals surface area contributed by atoms with Gasteiger partial charge in [0.1, 0.15) is 5.78 Å². The zero-order valence-electron chi connectivity index (χ0n) is 7.89. The second-order valence-electron chi connectivity index (χ2n) is 4.17. The summed E-state index contributed by atoms with van der Waals surface area (Å²) >= 11 is 0. The maximum absolute atomic E-state index is 11.7. The molecule has 2 aliphatic rings. The molecule has 70 valence electrons. The Kier molecular flexibility index (Phi) is 1.60. The lowest BCUT2D eigenvalue weighted by molar-refractivity contribution is -0.120. The van der Waals surface area contributed by atoms with E-state index in [1.165, 1.54) is 5.56 Å². The van der Waals surface area contributed by atoms with E-state index in [0.29, 0.717) is 11.7 Å². The van der Waals surface area contributed by atoms with Crippen LogP contribution >= 0.6 is 0 Å². The van der Waals surface area contributed by atoms with Gasteiger partial charge in [0, 0.05) is 11.8 Å². The highest BCUT2D eigenvalue weighted by Gasteiger charge is 2.43. The van der Waals surface area contributed by atoms with Crippen LogP contribution in [0.2, 0.25) is 0 Å². The van der Waals surface area contributed by atoms with Crippen molar-refractivity contribution in [1.29, 1.82) is 0 Å². The van der Waals surface area contributed by atoms with Gasteiger partial charge in [0.25, 0.3) is 0 Å². The Balaban J connectivity index is 1.97. The van der Waals surface area contributed by atoms with Crippen LogP contribution in [0.1, 0.15) is 17.9 Å². The highest BCUT2D eigenvalue weighted by Crippen LogP contribution is 2.46. The van der Waals surface area contributed by atoms with Crippen LogP contribution < -0.4 is 0 Å². The van der Waals surface area contributed by atoms with E-state index >= 15 is 0 Å². The Labute approximate surface area is 83.4 Å². The van der Waals surface area contributed by atoms with Gasteiger partial charge in [0.15, 0.2) is 0 Å². The third-order valence-electron chi connectivity index (χ3n) is 3.41. The van der Waals surface area contributed by atoms with E-state index in [-0.39, 0.29) is 11.8 Å². The molecule has 0 radical (unpaired) electrons. The van der Waals surface area contributed by atoms with Crippen molar-refractivity contribution < 1.29 is 4.79 Å². The van der Waals surface area contributed by atoms with Crippen LogP contribution in [-0.2, 0) is 4.79 Å². The molecule has 2 aliphatic carbocycles. The summed E-state index contributed by atoms with van der Waals surface area (Å²) in [7, 11) is 0. The van der Waals surface area contributed by atoms with Crippen molar-refractivity contribution >= 4 is 5.78 Å². The van der Waals surface area contributed by atoms with Gasteiger partial charge >= 0.3 is 0 Å². The van der Waals surface area contributed by atoms with E-state index < -0.39 is 0 Å². The first-order chi connectivity index (χ1) is 6.86. The number of hydrogen-bond donors (Lipinski definition) is 0. The molecule has 3 rings (SSSR count). The second kappa shape index (κ2) is 2.81. The van der Waals surface area contributed by atoms with Crippen LogP contribution in [0, 0.1) is 11.8 Å². The van der Waals surface area contributed by atoms with Crippen LogP contribution in [0.25, 0.3) is 0 Å². The van der Waals surface area contributed by atoms with Crippen molar-refractivity contribution in [2.45, 2.75) is 12.3 Å². The monoisotopic (exact) mass is 184 g/mol. The van der Waals surface area contributed by atoms with Crippen molar-refractivity contribution in [2.24, 2.45) is 11.8 Å². The largest absolute Gasteiger partial charge is 0.298 e. The summed E-state index contributed by atoms with van der Waals surface area (Å²) < 4.78 is 0. The molecule has 0 saturated heterocycles. The lowest BCUT2D eigenvalue weighted by atomic mass is 9.87. The fourth-order valence-electron chi connectivity index (χ4n) is 2.68. The van der Waals surface area contributed by atoms with Crippen LogP contribution in [0.3, 0.4) is 0 Å². The van der Waals surface area contributed by atoms with Crippen LogP contribution in [0.4, 0.5) is 0 Å². The van der Waals surface area contributed by atoms with E-state index in [9.17, 15) is 4.79 Å². The molecule has 1 aromatic carbocycles. The molecule has 0 aliphatic heterocycles. The predicted octanol–water partition coefficient (Wildman–Crippen LogP) is 2.55. The average molecular weight is 184 g/mol. The number of hydrogen-bond acceptors (Lipinski definition) is 1. The molecule has 1 saturated carbocycles. The molecule has 1 nitrogen and oxygen atoms in total. The molecule has 1 fully saturated rings. The molecular weight excluding hydrogens is 172 g/mol. The highest BCUT2D eigenvalue weighted by atomic mass is 16.1. The number of benzene rings is 1. The molecule has 1 aromatic rings. The Morgan fingerprint density at radius 3 is 2.43 bits per heavy atom. The Morgan fingerprint density at radius 2 is 1.86 bits per heavy atom. The van der Waals surface area contributed by atoms with E-state index in [0.717, 1.165) is 6.42 Å². The van der Waals surface area contributed by atoms with Crippen LogP contribution in [-0.4, -0.2) is 5.78 Å². The molecule has 14 heavy (non-hydrogen) atoms. The number of Topliss-reactive ketones (excluding diaryl/α,β-unsaturated/α-hetero) is 1. The van der Waals surface area contributed by atoms with Crippen LogP contribution in [0.15, 0.2) is 42.5 Å². The van der Waals surface area contributed by atoms with Gasteiger partial charge in [0.05, 0.1) is 0 Å². The number of allylic oxidation sites excluding steroid dienone is 2. The molecule has 0 spiro atoms. The van der Waals surface area contributed by atoms with E-state index in [2.05, 4.69) is 36.4 Å². The third kappa shape index (κ3) is 0.985. The summed E-state index contributed by atoms with van der Waals surface area (Å²) in [6, 6.07) is 10.4. The summed E-state index contributed by atoms with van der Waals surface area (Å²) in [5.41, 5.74) is 1.32. The minimum absolute atomic E-state index is 0.169. The summed E-state index contributed by atoms with van der Waals surface area (Å²) in [4.78, 5) is 11.7. The number of rotatable bonds is 1. The SMILES string of the molecule is O=C1C2C=CC1C(c1ccccc1)C2.